The molecule has 0 atom stereocenters. The van der Waals surface area contributed by atoms with E-state index in [0.29, 0.717) is 23.6 Å². The molecule has 0 aliphatic heterocycles. The number of urea groups is 1. The predicted molar refractivity (Wildman–Crippen MR) is 134 cm³/mol. The molecule has 34 heavy (non-hydrogen) atoms. The first-order valence-electron chi connectivity index (χ1n) is 10.8. The van der Waals surface area contributed by atoms with Gasteiger partial charge in [-0.25, -0.2) is 4.79 Å². The monoisotopic (exact) mass is 452 g/mol. The van der Waals surface area contributed by atoms with E-state index in [9.17, 15) is 14.4 Å². The molecule has 0 unspecified atom stereocenters. The van der Waals surface area contributed by atoms with Crippen LogP contribution in [0.4, 0.5) is 21.9 Å². The Morgan fingerprint density at radius 1 is 0.765 bits per heavy atom. The Balaban J connectivity index is 1.48. The molecule has 1 heterocycles. The number of anilines is 3. The number of nitrogens with one attached hydrogen (secondary N) is 3. The van der Waals surface area contributed by atoms with Crippen LogP contribution in [0.2, 0.25) is 0 Å². The lowest BCUT2D eigenvalue weighted by molar-refractivity contribution is 0.102. The summed E-state index contributed by atoms with van der Waals surface area (Å²) in [4.78, 5) is 38.2. The number of carbonyl (C=O) groups excluding carboxylic acids is 2. The summed E-state index contributed by atoms with van der Waals surface area (Å²) in [5.41, 5.74) is 3.09. The highest BCUT2D eigenvalue weighted by molar-refractivity contribution is 6.05. The molecule has 0 aliphatic rings. The van der Waals surface area contributed by atoms with Crippen molar-refractivity contribution in [1.29, 1.82) is 0 Å². The van der Waals surface area contributed by atoms with Crippen LogP contribution in [0.1, 0.15) is 21.5 Å². The Morgan fingerprint density at radius 2 is 1.44 bits per heavy atom. The molecule has 4 rings (SSSR count). The maximum absolute atomic E-state index is 12.9. The zero-order chi connectivity index (χ0) is 23.9. The molecule has 7 nitrogen and oxygen atoms in total. The summed E-state index contributed by atoms with van der Waals surface area (Å²) < 4.78 is 1.50. The maximum atomic E-state index is 12.9. The molecule has 4 aromatic rings. The van der Waals surface area contributed by atoms with E-state index in [1.54, 1.807) is 42.6 Å². The van der Waals surface area contributed by atoms with Gasteiger partial charge in [-0.1, -0.05) is 54.6 Å². The molecule has 170 valence electrons. The van der Waals surface area contributed by atoms with Crippen LogP contribution in [0.5, 0.6) is 0 Å². The van der Waals surface area contributed by atoms with Gasteiger partial charge in [0, 0.05) is 23.3 Å². The largest absolute Gasteiger partial charge is 0.323 e. The number of para-hydroxylation sites is 1. The van der Waals surface area contributed by atoms with Gasteiger partial charge < -0.3 is 20.5 Å². The molecule has 7 heteroatoms. The highest BCUT2D eigenvalue weighted by atomic mass is 16.2. The zero-order valence-corrected chi connectivity index (χ0v) is 18.6. The van der Waals surface area contributed by atoms with Gasteiger partial charge in [0.15, 0.2) is 0 Å². The molecule has 1 aromatic heterocycles. The molecule has 3 amide bonds. The van der Waals surface area contributed by atoms with Gasteiger partial charge in [-0.2, -0.15) is 0 Å². The van der Waals surface area contributed by atoms with E-state index in [2.05, 4.69) is 16.0 Å². The number of nitrogens with zero attached hydrogens (tertiary/aromatic N) is 1. The van der Waals surface area contributed by atoms with Gasteiger partial charge in [0.2, 0.25) is 0 Å². The standard InChI is InChI=1S/C27H24N4O3/c1-19-14-15-22(29-27(34)28-21-11-6-3-7-12-21)17-24(19)30-25(32)23-13-8-16-31(26(23)33)18-20-9-4-2-5-10-20/h2-17H,18H2,1H3,(H,30,32)(H2,28,29,34). The fourth-order valence-corrected chi connectivity index (χ4v) is 3.45. The van der Waals surface area contributed by atoms with Crippen LogP contribution < -0.4 is 21.5 Å². The minimum Gasteiger partial charge on any atom is -0.321 e. The second-order valence-electron chi connectivity index (χ2n) is 7.77. The summed E-state index contributed by atoms with van der Waals surface area (Å²) in [6.07, 6.45) is 1.66. The Morgan fingerprint density at radius 3 is 2.18 bits per heavy atom. The maximum Gasteiger partial charge on any atom is 0.323 e. The lowest BCUT2D eigenvalue weighted by atomic mass is 10.1. The number of aryl methyl sites for hydroxylation is 1. The van der Waals surface area contributed by atoms with Crippen LogP contribution >= 0.6 is 0 Å². The first kappa shape index (κ1) is 22.5. The Kier molecular flexibility index (Phi) is 6.84. The van der Waals surface area contributed by atoms with E-state index in [-0.39, 0.29) is 11.1 Å². The number of amides is 3. The van der Waals surface area contributed by atoms with Crippen molar-refractivity contribution in [2.24, 2.45) is 0 Å². The van der Waals surface area contributed by atoms with Crippen molar-refractivity contribution in [3.63, 3.8) is 0 Å². The highest BCUT2D eigenvalue weighted by Gasteiger charge is 2.14. The minimum absolute atomic E-state index is 0.0398. The lowest BCUT2D eigenvalue weighted by Crippen LogP contribution is -2.29. The molecule has 0 spiro atoms. The topological polar surface area (TPSA) is 92.2 Å². The third-order valence-corrected chi connectivity index (χ3v) is 5.24. The molecular formula is C27H24N4O3. The number of aromatic nitrogens is 1. The summed E-state index contributed by atoms with van der Waals surface area (Å²) in [6, 6.07) is 26.6. The van der Waals surface area contributed by atoms with Crippen molar-refractivity contribution in [1.82, 2.24) is 4.57 Å². The van der Waals surface area contributed by atoms with Gasteiger partial charge in [-0.3, -0.25) is 9.59 Å². The molecule has 0 saturated heterocycles. The molecule has 0 fully saturated rings. The van der Waals surface area contributed by atoms with Crippen molar-refractivity contribution >= 4 is 29.0 Å². The van der Waals surface area contributed by atoms with Crippen molar-refractivity contribution < 1.29 is 9.59 Å². The average Bonchev–Trinajstić information content (AvgIpc) is 2.84. The quantitative estimate of drug-likeness (QED) is 0.380. The van der Waals surface area contributed by atoms with Crippen molar-refractivity contribution in [2.75, 3.05) is 16.0 Å². The second kappa shape index (κ2) is 10.3. The smallest absolute Gasteiger partial charge is 0.321 e. The fourth-order valence-electron chi connectivity index (χ4n) is 3.45. The van der Waals surface area contributed by atoms with Crippen LogP contribution in [0.25, 0.3) is 0 Å². The fraction of sp³-hybridized carbons (Fsp3) is 0.0741. The molecule has 3 aromatic carbocycles. The molecular weight excluding hydrogens is 428 g/mol. The molecule has 0 radical (unpaired) electrons. The van der Waals surface area contributed by atoms with Gasteiger partial charge in [0.25, 0.3) is 11.5 Å². The Labute approximate surface area is 197 Å². The van der Waals surface area contributed by atoms with Crippen molar-refractivity contribution in [3.8, 4) is 0 Å². The predicted octanol–water partition coefficient (Wildman–Crippen LogP) is 5.10. The van der Waals surface area contributed by atoms with E-state index in [0.717, 1.165) is 11.1 Å². The van der Waals surface area contributed by atoms with E-state index in [1.165, 1.54) is 10.6 Å². The van der Waals surface area contributed by atoms with Gasteiger partial charge >= 0.3 is 6.03 Å². The number of carbonyl (C=O) groups is 2. The van der Waals surface area contributed by atoms with Crippen LogP contribution in [0.3, 0.4) is 0 Å². The average molecular weight is 453 g/mol. The van der Waals surface area contributed by atoms with Crippen LogP contribution in [-0.2, 0) is 6.54 Å². The Hall–Kier alpha value is -4.65. The van der Waals surface area contributed by atoms with E-state index in [4.69, 9.17) is 0 Å². The second-order valence-corrected chi connectivity index (χ2v) is 7.77. The first-order chi connectivity index (χ1) is 16.5. The van der Waals surface area contributed by atoms with Crippen LogP contribution in [0.15, 0.2) is 102 Å². The molecule has 0 saturated carbocycles. The van der Waals surface area contributed by atoms with Gasteiger partial charge in [0.1, 0.15) is 5.56 Å². The summed E-state index contributed by atoms with van der Waals surface area (Å²) >= 11 is 0. The van der Waals surface area contributed by atoms with E-state index < -0.39 is 11.9 Å². The number of hydrogen-bond donors (Lipinski definition) is 3. The summed E-state index contributed by atoms with van der Waals surface area (Å²) in [7, 11) is 0. The number of benzene rings is 3. The molecule has 3 N–H and O–H groups in total. The number of pyridine rings is 1. The van der Waals surface area contributed by atoms with Gasteiger partial charge in [0.05, 0.1) is 6.54 Å². The minimum atomic E-state index is -0.513. The van der Waals surface area contributed by atoms with Crippen molar-refractivity contribution in [3.05, 3.63) is 124 Å². The Bertz CT molecular complexity index is 1370. The third kappa shape index (κ3) is 5.58. The highest BCUT2D eigenvalue weighted by Crippen LogP contribution is 2.21. The number of rotatable bonds is 6. The van der Waals surface area contributed by atoms with Crippen molar-refractivity contribution in [2.45, 2.75) is 13.5 Å². The normalized spacial score (nSPS) is 10.4. The SMILES string of the molecule is Cc1ccc(NC(=O)Nc2ccccc2)cc1NC(=O)c1cccn(Cc2ccccc2)c1=O. The van der Waals surface area contributed by atoms with Crippen LogP contribution in [-0.4, -0.2) is 16.5 Å². The summed E-state index contributed by atoms with van der Waals surface area (Å²) in [5.74, 6) is -0.513. The zero-order valence-electron chi connectivity index (χ0n) is 18.6. The van der Waals surface area contributed by atoms with Crippen LogP contribution in [0, 0.1) is 6.92 Å². The molecule has 0 aliphatic carbocycles. The summed E-state index contributed by atoms with van der Waals surface area (Å²) in [6.45, 7) is 2.21. The van der Waals surface area contributed by atoms with E-state index in [1.807, 2.05) is 55.5 Å². The molecule has 0 bridgehead atoms. The first-order valence-corrected chi connectivity index (χ1v) is 10.8. The lowest BCUT2D eigenvalue weighted by Gasteiger charge is -2.13. The van der Waals surface area contributed by atoms with Gasteiger partial charge in [-0.15, -0.1) is 0 Å². The third-order valence-electron chi connectivity index (χ3n) is 5.24. The number of hydrogen-bond acceptors (Lipinski definition) is 3. The van der Waals surface area contributed by atoms with E-state index >= 15 is 0 Å². The summed E-state index contributed by atoms with van der Waals surface area (Å²) in [5, 5.41) is 8.29. The van der Waals surface area contributed by atoms with Gasteiger partial charge in [-0.05, 0) is 54.4 Å².